The van der Waals surface area contributed by atoms with Crippen LogP contribution in [0.25, 0.3) is 0 Å². The van der Waals surface area contributed by atoms with E-state index in [0.717, 1.165) is 0 Å². The van der Waals surface area contributed by atoms with Gasteiger partial charge < -0.3 is 11.1 Å². The molecule has 0 unspecified atom stereocenters. The molecule has 78 valence electrons. The van der Waals surface area contributed by atoms with Crippen molar-refractivity contribution in [2.75, 3.05) is 17.6 Å². The van der Waals surface area contributed by atoms with Crippen molar-refractivity contribution >= 4 is 21.5 Å². The van der Waals surface area contributed by atoms with Crippen molar-refractivity contribution in [3.05, 3.63) is 6.20 Å². The molecule has 1 saturated carbocycles. The number of aromatic nitrogens is 1. The van der Waals surface area contributed by atoms with Crippen LogP contribution in [-0.2, 0) is 0 Å². The van der Waals surface area contributed by atoms with E-state index in [1.807, 2.05) is 0 Å². The molecule has 0 bridgehead atoms. The molecular weight excluding hydrogens is 208 g/mol. The van der Waals surface area contributed by atoms with Crippen LogP contribution in [0.5, 0.6) is 0 Å². The third kappa shape index (κ3) is 1.79. The van der Waals surface area contributed by atoms with Gasteiger partial charge in [-0.15, -0.1) is 0 Å². The highest BCUT2D eigenvalue weighted by Gasteiger charge is 2.50. The van der Waals surface area contributed by atoms with Gasteiger partial charge in [-0.05, 0) is 12.8 Å². The number of nitrogens with one attached hydrogen (secondary N) is 1. The predicted octanol–water partition coefficient (Wildman–Crippen LogP) is 2.18. The molecule has 1 aliphatic rings. The summed E-state index contributed by atoms with van der Waals surface area (Å²) in [6.07, 6.45) is 0.471. The molecule has 1 aliphatic carbocycles. The molecule has 1 aromatic rings. The van der Waals surface area contributed by atoms with Crippen LogP contribution in [-0.4, -0.2) is 18.0 Å². The van der Waals surface area contributed by atoms with Crippen molar-refractivity contribution in [2.24, 2.45) is 5.41 Å². The van der Waals surface area contributed by atoms with Crippen LogP contribution in [0.4, 0.5) is 18.9 Å². The van der Waals surface area contributed by atoms with E-state index in [4.69, 9.17) is 5.73 Å². The van der Waals surface area contributed by atoms with Gasteiger partial charge in [0.1, 0.15) is 5.00 Å². The Morgan fingerprint density at radius 3 is 2.79 bits per heavy atom. The number of hydrogen-bond acceptors (Lipinski definition) is 4. The fourth-order valence-electron chi connectivity index (χ4n) is 1.25. The lowest BCUT2D eigenvalue weighted by atomic mass is 10.1. The molecule has 6 heteroatoms. The number of anilines is 2. The first-order valence-electron chi connectivity index (χ1n) is 4.36. The first-order chi connectivity index (χ1) is 6.62. The second-order valence-corrected chi connectivity index (χ2v) is 4.65. The molecule has 0 aliphatic heterocycles. The molecule has 0 amide bonds. The van der Waals surface area contributed by atoms with Gasteiger partial charge in [-0.25, -0.2) is 13.8 Å². The van der Waals surface area contributed by atoms with Gasteiger partial charge in [0.05, 0.1) is 6.20 Å². The van der Waals surface area contributed by atoms with E-state index < -0.39 is 11.8 Å². The Bertz CT molecular complexity index is 322. The van der Waals surface area contributed by atoms with Crippen molar-refractivity contribution < 1.29 is 8.78 Å². The monoisotopic (exact) mass is 219 g/mol. The first kappa shape index (κ1) is 9.64. The van der Waals surface area contributed by atoms with Gasteiger partial charge in [0, 0.05) is 12.0 Å². The average Bonchev–Trinajstić information content (AvgIpc) is 2.82. The summed E-state index contributed by atoms with van der Waals surface area (Å²) in [6, 6.07) is 0. The van der Waals surface area contributed by atoms with Crippen LogP contribution in [0.1, 0.15) is 12.8 Å². The maximum Gasteiger partial charge on any atom is 0.245 e. The number of alkyl halides is 2. The minimum absolute atomic E-state index is 0.289. The van der Waals surface area contributed by atoms with Gasteiger partial charge in [-0.3, -0.25) is 0 Å². The van der Waals surface area contributed by atoms with Crippen LogP contribution in [0.2, 0.25) is 0 Å². The van der Waals surface area contributed by atoms with E-state index in [9.17, 15) is 8.78 Å². The van der Waals surface area contributed by atoms with Crippen LogP contribution < -0.4 is 11.1 Å². The number of nitrogens with two attached hydrogens (primary N) is 1. The highest BCUT2D eigenvalue weighted by atomic mass is 32.1. The molecule has 0 aromatic carbocycles. The normalized spacial score (nSPS) is 18.5. The summed E-state index contributed by atoms with van der Waals surface area (Å²) < 4.78 is 25.0. The van der Waals surface area contributed by atoms with Crippen molar-refractivity contribution in [3.63, 3.8) is 0 Å². The van der Waals surface area contributed by atoms with Crippen molar-refractivity contribution in [3.8, 4) is 0 Å². The largest absolute Gasteiger partial charge is 0.389 e. The summed E-state index contributed by atoms with van der Waals surface area (Å²) in [4.78, 5) is 3.94. The van der Waals surface area contributed by atoms with Gasteiger partial charge >= 0.3 is 0 Å². The zero-order valence-electron chi connectivity index (χ0n) is 7.46. The minimum atomic E-state index is -2.24. The number of hydrogen-bond donors (Lipinski definition) is 2. The molecule has 0 saturated heterocycles. The Balaban J connectivity index is 1.89. The number of halogens is 2. The van der Waals surface area contributed by atoms with E-state index in [1.54, 1.807) is 0 Å². The SMILES string of the molecule is Nc1cnc(NCC2(C(F)F)CC2)s1. The predicted molar refractivity (Wildman–Crippen MR) is 52.7 cm³/mol. The van der Waals surface area contributed by atoms with Crippen molar-refractivity contribution in [1.29, 1.82) is 0 Å². The van der Waals surface area contributed by atoms with Gasteiger partial charge in [0.15, 0.2) is 5.13 Å². The number of rotatable bonds is 4. The molecule has 0 radical (unpaired) electrons. The molecular formula is C8H11F2N3S. The summed E-state index contributed by atoms with van der Waals surface area (Å²) in [5.41, 5.74) is 4.66. The van der Waals surface area contributed by atoms with E-state index in [0.29, 0.717) is 23.0 Å². The topological polar surface area (TPSA) is 50.9 Å². The third-order valence-corrected chi connectivity index (χ3v) is 3.25. The number of nitrogens with zero attached hydrogens (tertiary/aromatic N) is 1. The van der Waals surface area contributed by atoms with Crippen molar-refractivity contribution in [2.45, 2.75) is 19.3 Å². The average molecular weight is 219 g/mol. The lowest BCUT2D eigenvalue weighted by Gasteiger charge is -2.13. The van der Waals surface area contributed by atoms with E-state index in [-0.39, 0.29) is 6.54 Å². The Hall–Kier alpha value is -0.910. The summed E-state index contributed by atoms with van der Waals surface area (Å²) in [5.74, 6) is 0. The first-order valence-corrected chi connectivity index (χ1v) is 5.17. The quantitative estimate of drug-likeness (QED) is 0.816. The number of nitrogen functional groups attached to an aromatic ring is 1. The molecule has 14 heavy (non-hydrogen) atoms. The van der Waals surface area contributed by atoms with E-state index in [1.165, 1.54) is 17.5 Å². The zero-order chi connectivity index (χ0) is 10.2. The summed E-state index contributed by atoms with van der Waals surface area (Å²) >= 11 is 1.28. The lowest BCUT2D eigenvalue weighted by molar-refractivity contribution is 0.0688. The molecule has 1 aromatic heterocycles. The maximum absolute atomic E-state index is 12.5. The molecule has 1 heterocycles. The van der Waals surface area contributed by atoms with Crippen molar-refractivity contribution in [1.82, 2.24) is 4.98 Å². The van der Waals surface area contributed by atoms with Gasteiger partial charge in [-0.2, -0.15) is 0 Å². The second kappa shape index (κ2) is 3.34. The molecule has 3 nitrogen and oxygen atoms in total. The third-order valence-electron chi connectivity index (χ3n) is 2.47. The van der Waals surface area contributed by atoms with Crippen LogP contribution >= 0.6 is 11.3 Å². The van der Waals surface area contributed by atoms with Gasteiger partial charge in [0.2, 0.25) is 6.43 Å². The second-order valence-electron chi connectivity index (χ2n) is 3.58. The molecule has 0 atom stereocenters. The Morgan fingerprint density at radius 1 is 1.64 bits per heavy atom. The zero-order valence-corrected chi connectivity index (χ0v) is 8.28. The Morgan fingerprint density at radius 2 is 2.36 bits per heavy atom. The smallest absolute Gasteiger partial charge is 0.245 e. The fraction of sp³-hybridized carbons (Fsp3) is 0.625. The molecule has 3 N–H and O–H groups in total. The van der Waals surface area contributed by atoms with E-state index >= 15 is 0 Å². The van der Waals surface area contributed by atoms with Crippen LogP contribution in [0, 0.1) is 5.41 Å². The highest BCUT2D eigenvalue weighted by molar-refractivity contribution is 7.19. The van der Waals surface area contributed by atoms with E-state index in [2.05, 4.69) is 10.3 Å². The highest BCUT2D eigenvalue weighted by Crippen LogP contribution is 2.50. The van der Waals surface area contributed by atoms with Crippen LogP contribution in [0.3, 0.4) is 0 Å². The minimum Gasteiger partial charge on any atom is -0.389 e. The Kier molecular flexibility index (Phi) is 2.30. The summed E-state index contributed by atoms with van der Waals surface area (Å²) in [5, 5.41) is 4.11. The molecule has 2 rings (SSSR count). The van der Waals surface area contributed by atoms with Crippen LogP contribution in [0.15, 0.2) is 6.20 Å². The summed E-state index contributed by atoms with van der Waals surface area (Å²) in [7, 11) is 0. The molecule has 1 fully saturated rings. The summed E-state index contributed by atoms with van der Waals surface area (Å²) in [6.45, 7) is 0.289. The Labute approximate surface area is 84.3 Å². The van der Waals surface area contributed by atoms with Gasteiger partial charge in [-0.1, -0.05) is 11.3 Å². The van der Waals surface area contributed by atoms with Gasteiger partial charge in [0.25, 0.3) is 0 Å². The molecule has 0 spiro atoms. The fourth-order valence-corrected chi connectivity index (χ4v) is 1.83. The standard InChI is InChI=1S/C8H11F2N3S/c9-6(10)8(1-2-8)4-13-7-12-3-5(11)14-7/h3,6H,1-2,4,11H2,(H,12,13). The maximum atomic E-state index is 12.5. The lowest BCUT2D eigenvalue weighted by Crippen LogP contribution is -2.22. The number of thiazole rings is 1.